The van der Waals surface area contributed by atoms with Crippen LogP contribution >= 0.6 is 0 Å². The highest BCUT2D eigenvalue weighted by Crippen LogP contribution is 2.42. The molecule has 1 saturated carbocycles. The van der Waals surface area contributed by atoms with Gasteiger partial charge in [0.2, 0.25) is 0 Å². The Morgan fingerprint density at radius 2 is 1.86 bits per heavy atom. The molecule has 0 radical (unpaired) electrons. The van der Waals surface area contributed by atoms with Crippen LogP contribution in [0.4, 0.5) is 0 Å². The van der Waals surface area contributed by atoms with Crippen LogP contribution in [-0.2, 0) is 0 Å². The van der Waals surface area contributed by atoms with Gasteiger partial charge in [-0.15, -0.1) is 0 Å². The topological polar surface area (TPSA) is 40.5 Å². The maximum atomic E-state index is 9.92. The van der Waals surface area contributed by atoms with Crippen LogP contribution in [0.2, 0.25) is 0 Å². The lowest BCUT2D eigenvalue weighted by molar-refractivity contribution is -0.0952. The molecule has 0 aliphatic heterocycles. The lowest BCUT2D eigenvalue weighted by atomic mass is 9.65. The van der Waals surface area contributed by atoms with Crippen LogP contribution in [0.5, 0.6) is 0 Å². The first-order valence-electron chi connectivity index (χ1n) is 5.73. The molecular formula is C12H24O2. The summed E-state index contributed by atoms with van der Waals surface area (Å²) < 4.78 is 0. The van der Waals surface area contributed by atoms with E-state index in [0.717, 1.165) is 19.3 Å². The second kappa shape index (κ2) is 4.19. The van der Waals surface area contributed by atoms with Gasteiger partial charge in [-0.1, -0.05) is 34.1 Å². The molecule has 4 atom stereocenters. The summed E-state index contributed by atoms with van der Waals surface area (Å²) in [7, 11) is 0. The Morgan fingerprint density at radius 1 is 1.29 bits per heavy atom. The largest absolute Gasteiger partial charge is 0.390 e. The first kappa shape index (κ1) is 12.0. The molecule has 1 fully saturated rings. The Morgan fingerprint density at radius 3 is 2.36 bits per heavy atom. The second-order valence-corrected chi connectivity index (χ2v) is 5.68. The van der Waals surface area contributed by atoms with Gasteiger partial charge in [-0.25, -0.2) is 0 Å². The Kier molecular flexibility index (Phi) is 3.59. The number of hydrogen-bond donors (Lipinski definition) is 2. The zero-order chi connectivity index (χ0) is 10.9. The van der Waals surface area contributed by atoms with Crippen molar-refractivity contribution in [3.63, 3.8) is 0 Å². The van der Waals surface area contributed by atoms with Crippen LogP contribution in [0.25, 0.3) is 0 Å². The highest BCUT2D eigenvalue weighted by molar-refractivity contribution is 4.91. The Hall–Kier alpha value is -0.0800. The van der Waals surface area contributed by atoms with E-state index in [2.05, 4.69) is 27.7 Å². The maximum Gasteiger partial charge on any atom is 0.0830 e. The molecule has 0 saturated heterocycles. The number of aliphatic hydroxyl groups is 2. The van der Waals surface area contributed by atoms with Crippen molar-refractivity contribution >= 4 is 0 Å². The van der Waals surface area contributed by atoms with Gasteiger partial charge in [0.1, 0.15) is 0 Å². The van der Waals surface area contributed by atoms with Crippen LogP contribution in [0, 0.1) is 17.3 Å². The van der Waals surface area contributed by atoms with Crippen molar-refractivity contribution in [2.45, 2.75) is 59.2 Å². The van der Waals surface area contributed by atoms with Crippen molar-refractivity contribution in [2.24, 2.45) is 17.3 Å². The first-order chi connectivity index (χ1) is 6.37. The van der Waals surface area contributed by atoms with Crippen LogP contribution in [-0.4, -0.2) is 22.4 Å². The van der Waals surface area contributed by atoms with Gasteiger partial charge in [0.15, 0.2) is 0 Å². The van der Waals surface area contributed by atoms with E-state index in [-0.39, 0.29) is 11.3 Å². The second-order valence-electron chi connectivity index (χ2n) is 5.68. The van der Waals surface area contributed by atoms with Gasteiger partial charge in [-0.05, 0) is 30.1 Å². The standard InChI is InChI=1S/C12H24O2/c1-5-8(2)9-6-12(3,4)7-10(13)11(9)14/h8-11,13-14H,5-7H2,1-4H3. The minimum atomic E-state index is -0.530. The van der Waals surface area contributed by atoms with Gasteiger partial charge < -0.3 is 10.2 Å². The van der Waals surface area contributed by atoms with Crippen molar-refractivity contribution in [1.29, 1.82) is 0 Å². The molecule has 0 bridgehead atoms. The first-order valence-corrected chi connectivity index (χ1v) is 5.73. The number of rotatable bonds is 2. The molecule has 2 heteroatoms. The minimum Gasteiger partial charge on any atom is -0.390 e. The Labute approximate surface area is 87.3 Å². The summed E-state index contributed by atoms with van der Waals surface area (Å²) in [4.78, 5) is 0. The average molecular weight is 200 g/mol. The molecule has 2 nitrogen and oxygen atoms in total. The van der Waals surface area contributed by atoms with E-state index in [1.807, 2.05) is 0 Å². The summed E-state index contributed by atoms with van der Waals surface area (Å²) in [6.45, 7) is 8.67. The van der Waals surface area contributed by atoms with E-state index >= 15 is 0 Å². The molecule has 0 heterocycles. The molecule has 1 aliphatic rings. The van der Waals surface area contributed by atoms with Crippen LogP contribution < -0.4 is 0 Å². The molecule has 0 amide bonds. The fourth-order valence-corrected chi connectivity index (χ4v) is 2.65. The summed E-state index contributed by atoms with van der Waals surface area (Å²) in [5, 5.41) is 19.7. The molecule has 0 aromatic heterocycles. The smallest absolute Gasteiger partial charge is 0.0830 e. The Bertz CT molecular complexity index is 189. The van der Waals surface area contributed by atoms with E-state index in [0.29, 0.717) is 5.92 Å². The van der Waals surface area contributed by atoms with Gasteiger partial charge >= 0.3 is 0 Å². The fraction of sp³-hybridized carbons (Fsp3) is 1.00. The molecule has 0 spiro atoms. The van der Waals surface area contributed by atoms with Gasteiger partial charge in [-0.3, -0.25) is 0 Å². The normalized spacial score (nSPS) is 39.4. The predicted octanol–water partition coefficient (Wildman–Crippen LogP) is 2.19. The van der Waals surface area contributed by atoms with Crippen molar-refractivity contribution in [2.75, 3.05) is 0 Å². The van der Waals surface area contributed by atoms with Crippen molar-refractivity contribution < 1.29 is 10.2 Å². The molecule has 4 unspecified atom stereocenters. The summed E-state index contributed by atoms with van der Waals surface area (Å²) in [5.74, 6) is 0.762. The molecule has 84 valence electrons. The van der Waals surface area contributed by atoms with E-state index < -0.39 is 12.2 Å². The van der Waals surface area contributed by atoms with Crippen molar-refractivity contribution in [3.8, 4) is 0 Å². The lowest BCUT2D eigenvalue weighted by Crippen LogP contribution is -2.46. The predicted molar refractivity (Wildman–Crippen MR) is 58.0 cm³/mol. The molecular weight excluding hydrogens is 176 g/mol. The van der Waals surface area contributed by atoms with Crippen molar-refractivity contribution in [3.05, 3.63) is 0 Å². The van der Waals surface area contributed by atoms with Gasteiger partial charge in [0.05, 0.1) is 12.2 Å². The zero-order valence-corrected chi connectivity index (χ0v) is 9.83. The quantitative estimate of drug-likeness (QED) is 0.717. The summed E-state index contributed by atoms with van der Waals surface area (Å²) in [6.07, 6.45) is 1.78. The third-order valence-electron chi connectivity index (χ3n) is 3.76. The summed E-state index contributed by atoms with van der Waals surface area (Å²) in [6, 6.07) is 0. The zero-order valence-electron chi connectivity index (χ0n) is 9.83. The highest BCUT2D eigenvalue weighted by Gasteiger charge is 2.41. The monoisotopic (exact) mass is 200 g/mol. The van der Waals surface area contributed by atoms with E-state index in [1.165, 1.54) is 0 Å². The molecule has 14 heavy (non-hydrogen) atoms. The van der Waals surface area contributed by atoms with Crippen molar-refractivity contribution in [1.82, 2.24) is 0 Å². The maximum absolute atomic E-state index is 9.92. The SMILES string of the molecule is CCC(C)C1CC(C)(C)CC(O)C1O. The van der Waals surface area contributed by atoms with E-state index in [9.17, 15) is 10.2 Å². The molecule has 0 aromatic carbocycles. The third kappa shape index (κ3) is 2.48. The van der Waals surface area contributed by atoms with Gasteiger partial charge in [0.25, 0.3) is 0 Å². The van der Waals surface area contributed by atoms with Crippen LogP contribution in [0.3, 0.4) is 0 Å². The van der Waals surface area contributed by atoms with E-state index in [4.69, 9.17) is 0 Å². The average Bonchev–Trinajstić information content (AvgIpc) is 2.09. The molecule has 2 N–H and O–H groups in total. The highest BCUT2D eigenvalue weighted by atomic mass is 16.3. The number of hydrogen-bond acceptors (Lipinski definition) is 2. The summed E-state index contributed by atoms with van der Waals surface area (Å²) in [5.41, 5.74) is 0.173. The van der Waals surface area contributed by atoms with Gasteiger partial charge in [-0.2, -0.15) is 0 Å². The Balaban J connectivity index is 2.73. The molecule has 1 rings (SSSR count). The van der Waals surface area contributed by atoms with Crippen LogP contribution in [0.1, 0.15) is 47.0 Å². The van der Waals surface area contributed by atoms with Gasteiger partial charge in [0, 0.05) is 0 Å². The number of aliphatic hydroxyl groups excluding tert-OH is 2. The molecule has 1 aliphatic carbocycles. The van der Waals surface area contributed by atoms with Crippen LogP contribution in [0.15, 0.2) is 0 Å². The lowest BCUT2D eigenvalue weighted by Gasteiger charge is -2.44. The third-order valence-corrected chi connectivity index (χ3v) is 3.76. The summed E-state index contributed by atoms with van der Waals surface area (Å²) >= 11 is 0. The fourth-order valence-electron chi connectivity index (χ4n) is 2.65. The minimum absolute atomic E-state index is 0.173. The van der Waals surface area contributed by atoms with E-state index in [1.54, 1.807) is 0 Å². The molecule has 0 aromatic rings.